The molecule has 0 saturated heterocycles. The lowest BCUT2D eigenvalue weighted by molar-refractivity contribution is 0.0378. The average molecular weight is 418 g/mol. The third kappa shape index (κ3) is 5.58. The number of aliphatic hydroxyl groups is 1. The number of benzene rings is 1. The normalized spacial score (nSPS) is 13.9. The van der Waals surface area contributed by atoms with E-state index in [2.05, 4.69) is 25.8 Å². The van der Waals surface area contributed by atoms with Crippen LogP contribution in [0, 0.1) is 6.92 Å². The largest absolute Gasteiger partial charge is 0.463 e. The number of hydrogen-bond acceptors (Lipinski definition) is 6. The lowest BCUT2D eigenvalue weighted by atomic mass is 10.0. The molecular formula is C20H24ClN5O3. The van der Waals surface area contributed by atoms with Crippen molar-refractivity contribution >= 4 is 17.6 Å². The number of furan rings is 1. The molecule has 29 heavy (non-hydrogen) atoms. The Morgan fingerprint density at radius 3 is 2.79 bits per heavy atom. The van der Waals surface area contributed by atoms with Crippen LogP contribution in [-0.2, 0) is 12.1 Å². The van der Waals surface area contributed by atoms with Crippen molar-refractivity contribution in [2.75, 3.05) is 13.1 Å². The number of guanidine groups is 1. The maximum absolute atomic E-state index is 10.7. The molecular weight excluding hydrogens is 394 g/mol. The molecule has 0 amide bonds. The SMILES string of the molecule is CCNC(=NCc1nc(-c2cccc(Cl)c2)no1)NCC(C)(O)c1ccc(C)o1. The minimum atomic E-state index is -1.19. The van der Waals surface area contributed by atoms with Crippen molar-refractivity contribution in [3.63, 3.8) is 0 Å². The molecule has 0 saturated carbocycles. The highest BCUT2D eigenvalue weighted by Gasteiger charge is 2.27. The lowest BCUT2D eigenvalue weighted by Gasteiger charge is -2.22. The van der Waals surface area contributed by atoms with Gasteiger partial charge in [0.05, 0.1) is 6.54 Å². The van der Waals surface area contributed by atoms with Gasteiger partial charge in [-0.25, -0.2) is 4.99 Å². The Morgan fingerprint density at radius 2 is 2.10 bits per heavy atom. The number of halogens is 1. The van der Waals surface area contributed by atoms with Crippen LogP contribution in [0.5, 0.6) is 0 Å². The Labute approximate surface area is 174 Å². The first-order valence-corrected chi connectivity index (χ1v) is 9.65. The number of rotatable bonds is 7. The van der Waals surface area contributed by atoms with Crippen molar-refractivity contribution in [1.82, 2.24) is 20.8 Å². The third-order valence-corrected chi connectivity index (χ3v) is 4.37. The van der Waals surface area contributed by atoms with Crippen LogP contribution in [0.1, 0.15) is 31.3 Å². The number of aromatic nitrogens is 2. The molecule has 3 rings (SSSR count). The summed E-state index contributed by atoms with van der Waals surface area (Å²) in [5.41, 5.74) is -0.416. The monoisotopic (exact) mass is 417 g/mol. The van der Waals surface area contributed by atoms with Crippen molar-refractivity contribution in [2.24, 2.45) is 4.99 Å². The minimum absolute atomic E-state index is 0.185. The van der Waals surface area contributed by atoms with Crippen molar-refractivity contribution in [3.05, 3.63) is 58.8 Å². The Balaban J connectivity index is 1.65. The lowest BCUT2D eigenvalue weighted by Crippen LogP contribution is -2.44. The second-order valence-corrected chi connectivity index (χ2v) is 7.19. The molecule has 3 aromatic rings. The summed E-state index contributed by atoms with van der Waals surface area (Å²) < 4.78 is 10.8. The zero-order valence-electron chi connectivity index (χ0n) is 16.6. The van der Waals surface area contributed by atoms with Crippen LogP contribution in [0.15, 0.2) is 50.3 Å². The Kier molecular flexibility index (Phi) is 6.56. The van der Waals surface area contributed by atoms with Gasteiger partial charge < -0.3 is 24.7 Å². The first kappa shape index (κ1) is 20.9. The van der Waals surface area contributed by atoms with Crippen LogP contribution in [0.4, 0.5) is 0 Å². The summed E-state index contributed by atoms with van der Waals surface area (Å²) in [4.78, 5) is 8.79. The second-order valence-electron chi connectivity index (χ2n) is 6.75. The summed E-state index contributed by atoms with van der Waals surface area (Å²) in [6, 6.07) is 10.8. The van der Waals surface area contributed by atoms with Gasteiger partial charge in [-0.3, -0.25) is 0 Å². The first-order valence-electron chi connectivity index (χ1n) is 9.27. The molecule has 0 bridgehead atoms. The predicted octanol–water partition coefficient (Wildman–Crippen LogP) is 3.25. The highest BCUT2D eigenvalue weighted by molar-refractivity contribution is 6.30. The summed E-state index contributed by atoms with van der Waals surface area (Å²) in [5, 5.41) is 21.5. The standard InChI is InChI=1S/C20H24ClN5O3/c1-4-22-19(24-12-20(3,27)16-9-8-13(2)28-16)23-11-17-25-18(26-29-17)14-6-5-7-15(21)10-14/h5-10,27H,4,11-12H2,1-3H3,(H2,22,23,24). The molecule has 0 spiro atoms. The summed E-state index contributed by atoms with van der Waals surface area (Å²) in [5.74, 6) is 2.56. The van der Waals surface area contributed by atoms with E-state index in [0.29, 0.717) is 35.0 Å². The van der Waals surface area contributed by atoms with Crippen LogP contribution in [0.25, 0.3) is 11.4 Å². The van der Waals surface area contributed by atoms with Crippen LogP contribution in [0.3, 0.4) is 0 Å². The maximum Gasteiger partial charge on any atom is 0.248 e. The second kappa shape index (κ2) is 9.11. The van der Waals surface area contributed by atoms with Gasteiger partial charge >= 0.3 is 0 Å². The van der Waals surface area contributed by atoms with Gasteiger partial charge in [0.15, 0.2) is 5.96 Å². The number of nitrogens with zero attached hydrogens (tertiary/aromatic N) is 3. The highest BCUT2D eigenvalue weighted by atomic mass is 35.5. The van der Waals surface area contributed by atoms with E-state index in [0.717, 1.165) is 11.3 Å². The summed E-state index contributed by atoms with van der Waals surface area (Å²) in [6.07, 6.45) is 0. The van der Waals surface area contributed by atoms with Crippen LogP contribution in [0.2, 0.25) is 5.02 Å². The van der Waals surface area contributed by atoms with Gasteiger partial charge in [-0.2, -0.15) is 4.98 Å². The number of nitrogens with one attached hydrogen (secondary N) is 2. The van der Waals surface area contributed by atoms with E-state index in [1.807, 2.05) is 32.0 Å². The van der Waals surface area contributed by atoms with E-state index in [1.165, 1.54) is 0 Å². The quantitative estimate of drug-likeness (QED) is 0.400. The fourth-order valence-corrected chi connectivity index (χ4v) is 2.81. The smallest absolute Gasteiger partial charge is 0.248 e. The first-order chi connectivity index (χ1) is 13.9. The minimum Gasteiger partial charge on any atom is -0.463 e. The van der Waals surface area contributed by atoms with E-state index in [-0.39, 0.29) is 13.1 Å². The zero-order valence-corrected chi connectivity index (χ0v) is 17.3. The fraction of sp³-hybridized carbons (Fsp3) is 0.350. The summed E-state index contributed by atoms with van der Waals surface area (Å²) in [7, 11) is 0. The van der Waals surface area contributed by atoms with Gasteiger partial charge in [0.2, 0.25) is 11.7 Å². The van der Waals surface area contributed by atoms with Gasteiger partial charge in [-0.15, -0.1) is 0 Å². The molecule has 9 heteroatoms. The molecule has 154 valence electrons. The number of hydrogen-bond donors (Lipinski definition) is 3. The fourth-order valence-electron chi connectivity index (χ4n) is 2.62. The highest BCUT2D eigenvalue weighted by Crippen LogP contribution is 2.22. The molecule has 3 N–H and O–H groups in total. The van der Waals surface area contributed by atoms with Gasteiger partial charge in [0.25, 0.3) is 0 Å². The molecule has 0 aliphatic rings. The van der Waals surface area contributed by atoms with Gasteiger partial charge in [-0.1, -0.05) is 28.9 Å². The van der Waals surface area contributed by atoms with Crippen LogP contribution >= 0.6 is 11.6 Å². The number of aryl methyl sites for hydroxylation is 1. The summed E-state index contributed by atoms with van der Waals surface area (Å²) >= 11 is 6.00. The molecule has 0 fully saturated rings. The average Bonchev–Trinajstić information content (AvgIpc) is 3.33. The van der Waals surface area contributed by atoms with Gasteiger partial charge in [0, 0.05) is 17.1 Å². The molecule has 0 aliphatic carbocycles. The summed E-state index contributed by atoms with van der Waals surface area (Å²) in [6.45, 7) is 6.52. The Hall–Kier alpha value is -2.84. The molecule has 2 aromatic heterocycles. The zero-order chi connectivity index (χ0) is 20.9. The maximum atomic E-state index is 10.7. The van der Waals surface area contributed by atoms with Crippen molar-refractivity contribution in [2.45, 2.75) is 32.9 Å². The number of aliphatic imine (C=N–C) groups is 1. The molecule has 2 heterocycles. The molecule has 1 unspecified atom stereocenters. The van der Waals surface area contributed by atoms with E-state index in [9.17, 15) is 5.11 Å². The van der Waals surface area contributed by atoms with Crippen molar-refractivity contribution < 1.29 is 14.0 Å². The Bertz CT molecular complexity index is 980. The van der Waals surface area contributed by atoms with Gasteiger partial charge in [-0.05, 0) is 45.0 Å². The van der Waals surface area contributed by atoms with E-state index >= 15 is 0 Å². The predicted molar refractivity (Wildman–Crippen MR) is 111 cm³/mol. The molecule has 0 aliphatic heterocycles. The van der Waals surface area contributed by atoms with Gasteiger partial charge in [0.1, 0.15) is 23.7 Å². The molecule has 1 atom stereocenters. The van der Waals surface area contributed by atoms with Crippen molar-refractivity contribution in [1.29, 1.82) is 0 Å². The molecule has 1 aromatic carbocycles. The van der Waals surface area contributed by atoms with E-state index in [4.69, 9.17) is 20.5 Å². The molecule has 0 radical (unpaired) electrons. The third-order valence-electron chi connectivity index (χ3n) is 4.14. The van der Waals surface area contributed by atoms with Crippen molar-refractivity contribution in [3.8, 4) is 11.4 Å². The van der Waals surface area contributed by atoms with Crippen LogP contribution in [-0.4, -0.2) is 34.3 Å². The van der Waals surface area contributed by atoms with E-state index in [1.54, 1.807) is 25.1 Å². The topological polar surface area (TPSA) is 109 Å². The Morgan fingerprint density at radius 1 is 1.28 bits per heavy atom. The molecule has 8 nitrogen and oxygen atoms in total. The van der Waals surface area contributed by atoms with Crippen LogP contribution < -0.4 is 10.6 Å². The van der Waals surface area contributed by atoms with E-state index < -0.39 is 5.60 Å².